The van der Waals surface area contributed by atoms with Crippen molar-refractivity contribution >= 4 is 28.4 Å². The van der Waals surface area contributed by atoms with Gasteiger partial charge in [-0.1, -0.05) is 23.9 Å². The van der Waals surface area contributed by atoms with Crippen LogP contribution < -0.4 is 10.5 Å². The van der Waals surface area contributed by atoms with E-state index in [1.807, 2.05) is 42.5 Å². The van der Waals surface area contributed by atoms with Gasteiger partial charge in [-0.3, -0.25) is 4.98 Å². The normalized spacial score (nSPS) is 10.7. The van der Waals surface area contributed by atoms with Gasteiger partial charge in [0.15, 0.2) is 0 Å². The van der Waals surface area contributed by atoms with E-state index in [9.17, 15) is 0 Å². The average Bonchev–Trinajstić information content (AvgIpc) is 2.51. The van der Waals surface area contributed by atoms with E-state index in [4.69, 9.17) is 10.5 Å². The van der Waals surface area contributed by atoms with E-state index in [-0.39, 0.29) is 0 Å². The maximum Gasteiger partial charge on any atom is 0.119 e. The lowest BCUT2D eigenvalue weighted by Crippen LogP contribution is -1.90. The molecule has 0 atom stereocenters. The second kappa shape index (κ2) is 5.43. The first kappa shape index (κ1) is 12.8. The molecule has 0 spiro atoms. The molecule has 0 radical (unpaired) electrons. The Labute approximate surface area is 121 Å². The van der Waals surface area contributed by atoms with E-state index >= 15 is 0 Å². The molecule has 0 aliphatic heterocycles. The third-order valence-corrected chi connectivity index (χ3v) is 4.10. The number of fused-ring (bicyclic) bond motifs is 1. The zero-order valence-corrected chi connectivity index (χ0v) is 11.9. The minimum atomic E-state index is 0.704. The van der Waals surface area contributed by atoms with Crippen molar-refractivity contribution in [3.63, 3.8) is 0 Å². The van der Waals surface area contributed by atoms with Crippen LogP contribution >= 0.6 is 11.8 Å². The fourth-order valence-electron chi connectivity index (χ4n) is 2.05. The number of pyridine rings is 1. The average molecular weight is 282 g/mol. The Kier molecular flexibility index (Phi) is 3.48. The van der Waals surface area contributed by atoms with E-state index < -0.39 is 0 Å². The van der Waals surface area contributed by atoms with Gasteiger partial charge >= 0.3 is 0 Å². The number of methoxy groups -OCH3 is 1. The molecule has 100 valence electrons. The lowest BCUT2D eigenvalue weighted by atomic mass is 10.2. The molecule has 0 saturated heterocycles. The number of hydrogen-bond donors (Lipinski definition) is 1. The van der Waals surface area contributed by atoms with Gasteiger partial charge in [0.05, 0.1) is 18.3 Å². The molecule has 1 heterocycles. The summed E-state index contributed by atoms with van der Waals surface area (Å²) in [5, 5.41) is 1.07. The van der Waals surface area contributed by atoms with Crippen molar-refractivity contribution in [2.45, 2.75) is 9.79 Å². The maximum atomic E-state index is 5.97. The van der Waals surface area contributed by atoms with Crippen molar-refractivity contribution in [3.05, 3.63) is 54.7 Å². The highest BCUT2D eigenvalue weighted by Gasteiger charge is 2.07. The summed E-state index contributed by atoms with van der Waals surface area (Å²) in [5.74, 6) is 0.855. The second-order valence-corrected chi connectivity index (χ2v) is 5.45. The molecule has 3 aromatic rings. The Morgan fingerprint density at radius 1 is 1.10 bits per heavy atom. The molecule has 2 N–H and O–H groups in total. The third kappa shape index (κ3) is 2.42. The van der Waals surface area contributed by atoms with Crippen LogP contribution in [0.4, 0.5) is 5.69 Å². The number of benzene rings is 2. The summed E-state index contributed by atoms with van der Waals surface area (Å²) in [6, 6.07) is 15.9. The lowest BCUT2D eigenvalue weighted by Gasteiger charge is -2.08. The maximum absolute atomic E-state index is 5.97. The smallest absolute Gasteiger partial charge is 0.119 e. The van der Waals surface area contributed by atoms with Gasteiger partial charge in [-0.25, -0.2) is 0 Å². The number of anilines is 1. The number of rotatable bonds is 3. The molecule has 3 rings (SSSR count). The van der Waals surface area contributed by atoms with E-state index in [1.165, 1.54) is 0 Å². The predicted molar refractivity (Wildman–Crippen MR) is 83.3 cm³/mol. The van der Waals surface area contributed by atoms with Crippen LogP contribution in [0, 0.1) is 0 Å². The van der Waals surface area contributed by atoms with Crippen molar-refractivity contribution < 1.29 is 4.74 Å². The summed E-state index contributed by atoms with van der Waals surface area (Å²) in [7, 11) is 1.67. The van der Waals surface area contributed by atoms with Crippen LogP contribution in [0.3, 0.4) is 0 Å². The first-order valence-corrected chi connectivity index (χ1v) is 7.04. The molecule has 20 heavy (non-hydrogen) atoms. The van der Waals surface area contributed by atoms with Crippen molar-refractivity contribution in [3.8, 4) is 5.75 Å². The molecule has 4 heteroatoms. The van der Waals surface area contributed by atoms with Crippen LogP contribution in [0.2, 0.25) is 0 Å². The van der Waals surface area contributed by atoms with Crippen molar-refractivity contribution in [2.24, 2.45) is 0 Å². The summed E-state index contributed by atoms with van der Waals surface area (Å²) < 4.78 is 5.25. The van der Waals surface area contributed by atoms with Gasteiger partial charge < -0.3 is 10.5 Å². The number of nitrogens with two attached hydrogens (primary N) is 1. The van der Waals surface area contributed by atoms with Gasteiger partial charge in [-0.15, -0.1) is 0 Å². The molecular weight excluding hydrogens is 268 g/mol. The zero-order valence-electron chi connectivity index (χ0n) is 11.0. The number of aromatic nitrogens is 1. The number of nitrogens with zero attached hydrogens (tertiary/aromatic N) is 1. The van der Waals surface area contributed by atoms with Crippen LogP contribution in [0.5, 0.6) is 5.75 Å². The molecule has 0 aliphatic rings. The van der Waals surface area contributed by atoms with Crippen LogP contribution in [0.1, 0.15) is 0 Å². The third-order valence-electron chi connectivity index (χ3n) is 3.03. The Bertz CT molecular complexity index is 758. The van der Waals surface area contributed by atoms with E-state index in [0.29, 0.717) is 5.69 Å². The Morgan fingerprint density at radius 2 is 2.00 bits per heavy atom. The summed E-state index contributed by atoms with van der Waals surface area (Å²) in [4.78, 5) is 6.61. The lowest BCUT2D eigenvalue weighted by molar-refractivity contribution is 0.413. The molecule has 0 unspecified atom stereocenters. The summed E-state index contributed by atoms with van der Waals surface area (Å²) >= 11 is 1.68. The van der Waals surface area contributed by atoms with Crippen LogP contribution in [0.25, 0.3) is 10.9 Å². The van der Waals surface area contributed by atoms with Gasteiger partial charge in [-0.2, -0.15) is 0 Å². The minimum Gasteiger partial charge on any atom is -0.497 e. The van der Waals surface area contributed by atoms with Gasteiger partial charge in [0.2, 0.25) is 0 Å². The quantitative estimate of drug-likeness (QED) is 0.738. The fourth-order valence-corrected chi connectivity index (χ4v) is 3.04. The Morgan fingerprint density at radius 3 is 2.85 bits per heavy atom. The Balaban J connectivity index is 2.04. The van der Waals surface area contributed by atoms with Crippen LogP contribution in [0.15, 0.2) is 64.5 Å². The predicted octanol–water partition coefficient (Wildman–Crippen LogP) is 3.98. The molecule has 2 aromatic carbocycles. The molecule has 0 saturated carbocycles. The monoisotopic (exact) mass is 282 g/mol. The first-order chi connectivity index (χ1) is 9.78. The number of hydrogen-bond acceptors (Lipinski definition) is 4. The van der Waals surface area contributed by atoms with E-state index in [2.05, 4.69) is 11.1 Å². The van der Waals surface area contributed by atoms with Crippen molar-refractivity contribution in [2.75, 3.05) is 12.8 Å². The fraction of sp³-hybridized carbons (Fsp3) is 0.0625. The highest BCUT2D eigenvalue weighted by molar-refractivity contribution is 7.99. The molecule has 0 fully saturated rings. The second-order valence-electron chi connectivity index (χ2n) is 4.33. The van der Waals surface area contributed by atoms with E-state index in [1.54, 1.807) is 25.1 Å². The molecular formula is C16H14N2OS. The summed E-state index contributed by atoms with van der Waals surface area (Å²) in [6.07, 6.45) is 1.76. The largest absolute Gasteiger partial charge is 0.497 e. The summed E-state index contributed by atoms with van der Waals surface area (Å²) in [5.41, 5.74) is 7.52. The van der Waals surface area contributed by atoms with E-state index in [0.717, 1.165) is 26.4 Å². The highest BCUT2D eigenvalue weighted by Crippen LogP contribution is 2.35. The standard InChI is InChI=1S/C16H14N2OS/c1-19-11-4-2-5-12(10-11)20-15-8-7-14(17)16-13(15)6-3-9-18-16/h2-10H,17H2,1H3. The molecule has 1 aromatic heterocycles. The number of nitrogen functional groups attached to an aromatic ring is 1. The van der Waals surface area contributed by atoms with Gasteiger partial charge in [0.25, 0.3) is 0 Å². The topological polar surface area (TPSA) is 48.1 Å². The van der Waals surface area contributed by atoms with Crippen molar-refractivity contribution in [1.29, 1.82) is 0 Å². The van der Waals surface area contributed by atoms with Crippen molar-refractivity contribution in [1.82, 2.24) is 4.98 Å². The van der Waals surface area contributed by atoms with Crippen LogP contribution in [-0.2, 0) is 0 Å². The van der Waals surface area contributed by atoms with Gasteiger partial charge in [0.1, 0.15) is 5.75 Å². The Hall–Kier alpha value is -2.20. The van der Waals surface area contributed by atoms with Crippen LogP contribution in [-0.4, -0.2) is 12.1 Å². The summed E-state index contributed by atoms with van der Waals surface area (Å²) in [6.45, 7) is 0. The van der Waals surface area contributed by atoms with Gasteiger partial charge in [-0.05, 0) is 36.4 Å². The zero-order chi connectivity index (χ0) is 13.9. The minimum absolute atomic E-state index is 0.704. The highest BCUT2D eigenvalue weighted by atomic mass is 32.2. The van der Waals surface area contributed by atoms with Gasteiger partial charge in [0, 0.05) is 21.4 Å². The molecule has 0 amide bonds. The SMILES string of the molecule is COc1cccc(Sc2ccc(N)c3ncccc23)c1. The molecule has 0 bridgehead atoms. The number of ether oxygens (including phenoxy) is 1. The molecule has 0 aliphatic carbocycles. The first-order valence-electron chi connectivity index (χ1n) is 6.23. The molecule has 3 nitrogen and oxygen atoms in total.